The molecule has 0 atom stereocenters. The van der Waals surface area contributed by atoms with Crippen LogP contribution in [-0.4, -0.2) is 26.7 Å². The smallest absolute Gasteiger partial charge is 0.231 e. The van der Waals surface area contributed by atoms with E-state index in [2.05, 4.69) is 5.32 Å². The number of nitrogens with two attached hydrogens (primary N) is 1. The molecule has 5 heteroatoms. The molecule has 0 spiro atoms. The Bertz CT molecular complexity index is 405. The molecule has 5 nitrogen and oxygen atoms in total. The van der Waals surface area contributed by atoms with Crippen molar-refractivity contribution in [1.29, 1.82) is 0 Å². The Labute approximate surface area is 101 Å². The second-order valence-electron chi connectivity index (χ2n) is 3.69. The fourth-order valence-electron chi connectivity index (χ4n) is 1.59. The van der Waals surface area contributed by atoms with E-state index in [0.29, 0.717) is 6.54 Å². The van der Waals surface area contributed by atoms with Crippen LogP contribution in [0.5, 0.6) is 11.5 Å². The molecule has 0 unspecified atom stereocenters. The van der Waals surface area contributed by atoms with E-state index < -0.39 is 0 Å². The van der Waals surface area contributed by atoms with E-state index in [1.54, 1.807) is 14.2 Å². The number of nitrogens with one attached hydrogen (secondary N) is 1. The van der Waals surface area contributed by atoms with Gasteiger partial charge >= 0.3 is 0 Å². The molecule has 3 N–H and O–H groups in total. The van der Waals surface area contributed by atoms with Crippen LogP contribution in [0, 0.1) is 6.92 Å². The SMILES string of the molecule is COc1cc(C)c(CNCC(N)=O)c(OC)c1. The van der Waals surface area contributed by atoms with Crippen LogP contribution in [0.4, 0.5) is 0 Å². The van der Waals surface area contributed by atoms with Gasteiger partial charge in [0, 0.05) is 18.2 Å². The van der Waals surface area contributed by atoms with Gasteiger partial charge in [-0.15, -0.1) is 0 Å². The Kier molecular flexibility index (Phi) is 4.78. The van der Waals surface area contributed by atoms with Gasteiger partial charge in [-0.25, -0.2) is 0 Å². The van der Waals surface area contributed by atoms with E-state index >= 15 is 0 Å². The van der Waals surface area contributed by atoms with Crippen LogP contribution in [0.25, 0.3) is 0 Å². The maximum Gasteiger partial charge on any atom is 0.231 e. The number of benzene rings is 1. The minimum Gasteiger partial charge on any atom is -0.497 e. The Balaban J connectivity index is 2.86. The number of carbonyl (C=O) groups is 1. The molecule has 94 valence electrons. The molecule has 0 fully saturated rings. The minimum atomic E-state index is -0.380. The van der Waals surface area contributed by atoms with Gasteiger partial charge in [0.05, 0.1) is 20.8 Å². The van der Waals surface area contributed by atoms with Crippen molar-refractivity contribution < 1.29 is 14.3 Å². The number of hydrogen-bond acceptors (Lipinski definition) is 4. The van der Waals surface area contributed by atoms with Crippen LogP contribution in [0.15, 0.2) is 12.1 Å². The highest BCUT2D eigenvalue weighted by Crippen LogP contribution is 2.28. The summed E-state index contributed by atoms with van der Waals surface area (Å²) in [6.07, 6.45) is 0. The standard InChI is InChI=1S/C12H18N2O3/c1-8-4-9(16-2)5-11(17-3)10(8)6-14-7-12(13)15/h4-5,14H,6-7H2,1-3H3,(H2,13,15). The average molecular weight is 238 g/mol. The Hall–Kier alpha value is -1.75. The number of carbonyl (C=O) groups excluding carboxylic acids is 1. The highest BCUT2D eigenvalue weighted by atomic mass is 16.5. The Morgan fingerprint density at radius 3 is 2.59 bits per heavy atom. The van der Waals surface area contributed by atoms with Crippen molar-refractivity contribution in [3.8, 4) is 11.5 Å². The molecular formula is C12H18N2O3. The zero-order chi connectivity index (χ0) is 12.8. The number of amides is 1. The second-order valence-corrected chi connectivity index (χ2v) is 3.69. The molecular weight excluding hydrogens is 220 g/mol. The average Bonchev–Trinajstić information content (AvgIpc) is 2.30. The number of aryl methyl sites for hydroxylation is 1. The van der Waals surface area contributed by atoms with Crippen LogP contribution in [0.3, 0.4) is 0 Å². The molecule has 0 saturated heterocycles. The Morgan fingerprint density at radius 2 is 2.06 bits per heavy atom. The summed E-state index contributed by atoms with van der Waals surface area (Å²) in [5.41, 5.74) is 7.09. The molecule has 0 aromatic heterocycles. The number of primary amides is 1. The summed E-state index contributed by atoms with van der Waals surface area (Å²) in [5.74, 6) is 1.10. The van der Waals surface area contributed by atoms with Gasteiger partial charge in [-0.05, 0) is 18.6 Å². The predicted octanol–water partition coefficient (Wildman–Crippen LogP) is 0.587. The van der Waals surface area contributed by atoms with Crippen molar-refractivity contribution in [2.45, 2.75) is 13.5 Å². The molecule has 0 aliphatic rings. The number of ether oxygens (including phenoxy) is 2. The van der Waals surface area contributed by atoms with Crippen molar-refractivity contribution in [1.82, 2.24) is 5.32 Å². The molecule has 1 rings (SSSR count). The maximum atomic E-state index is 10.6. The summed E-state index contributed by atoms with van der Waals surface area (Å²) in [6, 6.07) is 3.73. The lowest BCUT2D eigenvalue weighted by atomic mass is 10.1. The topological polar surface area (TPSA) is 73.6 Å². The summed E-state index contributed by atoms with van der Waals surface area (Å²) in [5, 5.41) is 2.96. The second kappa shape index (κ2) is 6.10. The lowest BCUT2D eigenvalue weighted by Crippen LogP contribution is -2.28. The highest BCUT2D eigenvalue weighted by molar-refractivity contribution is 5.75. The predicted molar refractivity (Wildman–Crippen MR) is 65.2 cm³/mol. The van der Waals surface area contributed by atoms with Gasteiger partial charge in [0.15, 0.2) is 0 Å². The highest BCUT2D eigenvalue weighted by Gasteiger charge is 2.09. The van der Waals surface area contributed by atoms with Gasteiger partial charge in [-0.3, -0.25) is 4.79 Å². The molecule has 1 aromatic rings. The number of hydrogen-bond donors (Lipinski definition) is 2. The molecule has 0 saturated carbocycles. The first-order valence-corrected chi connectivity index (χ1v) is 5.29. The fraction of sp³-hybridized carbons (Fsp3) is 0.417. The van der Waals surface area contributed by atoms with Crippen LogP contribution in [0.2, 0.25) is 0 Å². The van der Waals surface area contributed by atoms with Crippen LogP contribution in [-0.2, 0) is 11.3 Å². The summed E-state index contributed by atoms with van der Waals surface area (Å²) in [7, 11) is 3.21. The van der Waals surface area contributed by atoms with E-state index in [4.69, 9.17) is 15.2 Å². The normalized spacial score (nSPS) is 10.1. The maximum absolute atomic E-state index is 10.6. The van der Waals surface area contributed by atoms with E-state index in [9.17, 15) is 4.79 Å². The van der Waals surface area contributed by atoms with Crippen molar-refractivity contribution in [3.63, 3.8) is 0 Å². The van der Waals surface area contributed by atoms with Crippen molar-refractivity contribution in [2.75, 3.05) is 20.8 Å². The zero-order valence-electron chi connectivity index (χ0n) is 10.4. The first kappa shape index (κ1) is 13.3. The van der Waals surface area contributed by atoms with E-state index in [-0.39, 0.29) is 12.5 Å². The lowest BCUT2D eigenvalue weighted by molar-refractivity contribution is -0.117. The monoisotopic (exact) mass is 238 g/mol. The first-order valence-electron chi connectivity index (χ1n) is 5.29. The van der Waals surface area contributed by atoms with Gasteiger partial charge in [-0.1, -0.05) is 0 Å². The van der Waals surface area contributed by atoms with Crippen molar-refractivity contribution in [3.05, 3.63) is 23.3 Å². The van der Waals surface area contributed by atoms with Crippen molar-refractivity contribution in [2.24, 2.45) is 5.73 Å². The Morgan fingerprint density at radius 1 is 1.35 bits per heavy atom. The third-order valence-electron chi connectivity index (χ3n) is 2.46. The molecule has 17 heavy (non-hydrogen) atoms. The largest absolute Gasteiger partial charge is 0.497 e. The van der Waals surface area contributed by atoms with Crippen molar-refractivity contribution >= 4 is 5.91 Å². The molecule has 1 aromatic carbocycles. The summed E-state index contributed by atoms with van der Waals surface area (Å²) < 4.78 is 10.5. The summed E-state index contributed by atoms with van der Waals surface area (Å²) in [6.45, 7) is 2.64. The van der Waals surface area contributed by atoms with Gasteiger partial charge in [-0.2, -0.15) is 0 Å². The number of rotatable bonds is 6. The zero-order valence-corrected chi connectivity index (χ0v) is 10.4. The van der Waals surface area contributed by atoms with E-state index in [0.717, 1.165) is 22.6 Å². The molecule has 0 aliphatic heterocycles. The lowest BCUT2D eigenvalue weighted by Gasteiger charge is -2.14. The quantitative estimate of drug-likeness (QED) is 0.760. The molecule has 0 bridgehead atoms. The van der Waals surface area contributed by atoms with Crippen LogP contribution in [0.1, 0.15) is 11.1 Å². The molecule has 1 amide bonds. The third-order valence-corrected chi connectivity index (χ3v) is 2.46. The minimum absolute atomic E-state index is 0.147. The molecule has 0 heterocycles. The third kappa shape index (κ3) is 3.64. The fourth-order valence-corrected chi connectivity index (χ4v) is 1.59. The van der Waals surface area contributed by atoms with Gasteiger partial charge in [0.25, 0.3) is 0 Å². The van der Waals surface area contributed by atoms with Crippen LogP contribution < -0.4 is 20.5 Å². The molecule has 0 aliphatic carbocycles. The summed E-state index contributed by atoms with van der Waals surface area (Å²) >= 11 is 0. The number of methoxy groups -OCH3 is 2. The van der Waals surface area contributed by atoms with Crippen LogP contribution >= 0.6 is 0 Å². The molecule has 0 radical (unpaired) electrons. The van der Waals surface area contributed by atoms with Gasteiger partial charge < -0.3 is 20.5 Å². The summed E-state index contributed by atoms with van der Waals surface area (Å²) in [4.78, 5) is 10.6. The first-order chi connectivity index (χ1) is 8.08. The van der Waals surface area contributed by atoms with E-state index in [1.807, 2.05) is 19.1 Å². The van der Waals surface area contributed by atoms with Gasteiger partial charge in [0.2, 0.25) is 5.91 Å². The van der Waals surface area contributed by atoms with Gasteiger partial charge in [0.1, 0.15) is 11.5 Å². The van der Waals surface area contributed by atoms with E-state index in [1.165, 1.54) is 0 Å².